The first kappa shape index (κ1) is 10.0. The summed E-state index contributed by atoms with van der Waals surface area (Å²) >= 11 is 0. The first-order valence-electron chi connectivity index (χ1n) is 5.43. The Bertz CT molecular complexity index is 376. The summed E-state index contributed by atoms with van der Waals surface area (Å²) < 4.78 is 0. The number of benzene rings is 1. The second kappa shape index (κ2) is 4.35. The van der Waals surface area contributed by atoms with E-state index in [2.05, 4.69) is 67.4 Å². The van der Waals surface area contributed by atoms with Crippen LogP contribution in [0, 0.1) is 0 Å². The van der Waals surface area contributed by atoms with Gasteiger partial charge < -0.3 is 4.90 Å². The SMILES string of the molecule is CC1=CN([C@H](C)c2ccccc2)CC=C1. The monoisotopic (exact) mass is 199 g/mol. The van der Waals surface area contributed by atoms with Crippen LogP contribution in [0.2, 0.25) is 0 Å². The molecule has 1 aliphatic heterocycles. The van der Waals surface area contributed by atoms with E-state index in [1.165, 1.54) is 11.1 Å². The summed E-state index contributed by atoms with van der Waals surface area (Å²) in [5.74, 6) is 0. The average molecular weight is 199 g/mol. The van der Waals surface area contributed by atoms with E-state index in [9.17, 15) is 0 Å². The van der Waals surface area contributed by atoms with Gasteiger partial charge in [0.2, 0.25) is 0 Å². The van der Waals surface area contributed by atoms with E-state index < -0.39 is 0 Å². The van der Waals surface area contributed by atoms with Crippen LogP contribution in [0.15, 0.2) is 54.3 Å². The van der Waals surface area contributed by atoms with Crippen molar-refractivity contribution in [3.05, 3.63) is 59.8 Å². The zero-order valence-electron chi connectivity index (χ0n) is 9.35. The van der Waals surface area contributed by atoms with E-state index >= 15 is 0 Å². The highest BCUT2D eigenvalue weighted by atomic mass is 15.1. The molecule has 15 heavy (non-hydrogen) atoms. The number of rotatable bonds is 2. The normalized spacial score (nSPS) is 17.5. The minimum absolute atomic E-state index is 0.450. The molecule has 0 saturated heterocycles. The topological polar surface area (TPSA) is 3.24 Å². The van der Waals surface area contributed by atoms with Crippen molar-refractivity contribution >= 4 is 0 Å². The van der Waals surface area contributed by atoms with Crippen molar-refractivity contribution in [3.8, 4) is 0 Å². The summed E-state index contributed by atoms with van der Waals surface area (Å²) in [6.07, 6.45) is 6.63. The standard InChI is InChI=1S/C14H17N/c1-12-7-6-10-15(11-12)13(2)14-8-4-3-5-9-14/h3-9,11,13H,10H2,1-2H3/t13-/m1/s1. The molecule has 1 aliphatic rings. The molecule has 0 aromatic heterocycles. The predicted molar refractivity (Wildman–Crippen MR) is 64.5 cm³/mol. The molecule has 1 heterocycles. The first-order valence-corrected chi connectivity index (χ1v) is 5.43. The smallest absolute Gasteiger partial charge is 0.0512 e. The Kier molecular flexibility index (Phi) is 2.91. The molecule has 0 spiro atoms. The Hall–Kier alpha value is -1.50. The fourth-order valence-corrected chi connectivity index (χ4v) is 1.91. The van der Waals surface area contributed by atoms with Gasteiger partial charge in [0.1, 0.15) is 0 Å². The average Bonchev–Trinajstić information content (AvgIpc) is 2.29. The van der Waals surface area contributed by atoms with Crippen LogP contribution in [0.25, 0.3) is 0 Å². The molecule has 0 amide bonds. The summed E-state index contributed by atoms with van der Waals surface area (Å²) in [7, 11) is 0. The lowest BCUT2D eigenvalue weighted by molar-refractivity contribution is 0.323. The lowest BCUT2D eigenvalue weighted by atomic mass is 10.1. The van der Waals surface area contributed by atoms with Crippen molar-refractivity contribution in [3.63, 3.8) is 0 Å². The summed E-state index contributed by atoms with van der Waals surface area (Å²) in [5.41, 5.74) is 2.70. The van der Waals surface area contributed by atoms with Gasteiger partial charge in [0.05, 0.1) is 6.04 Å². The fraction of sp³-hybridized carbons (Fsp3) is 0.286. The number of nitrogens with zero attached hydrogens (tertiary/aromatic N) is 1. The Morgan fingerprint density at radius 3 is 2.60 bits per heavy atom. The number of hydrogen-bond donors (Lipinski definition) is 0. The Morgan fingerprint density at radius 1 is 1.20 bits per heavy atom. The second-order valence-electron chi connectivity index (χ2n) is 4.06. The zero-order chi connectivity index (χ0) is 10.7. The van der Waals surface area contributed by atoms with Gasteiger partial charge in [-0.05, 0) is 25.0 Å². The summed E-state index contributed by atoms with van der Waals surface area (Å²) in [6, 6.07) is 11.1. The number of allylic oxidation sites excluding steroid dienone is 2. The first-order chi connectivity index (χ1) is 7.27. The van der Waals surface area contributed by atoms with Crippen molar-refractivity contribution in [2.45, 2.75) is 19.9 Å². The van der Waals surface area contributed by atoms with Gasteiger partial charge in [0.25, 0.3) is 0 Å². The second-order valence-corrected chi connectivity index (χ2v) is 4.06. The molecule has 0 bridgehead atoms. The van der Waals surface area contributed by atoms with Gasteiger partial charge >= 0.3 is 0 Å². The fourth-order valence-electron chi connectivity index (χ4n) is 1.91. The lowest BCUT2D eigenvalue weighted by Crippen LogP contribution is -2.23. The van der Waals surface area contributed by atoms with Gasteiger partial charge in [-0.2, -0.15) is 0 Å². The summed E-state index contributed by atoms with van der Waals surface area (Å²) in [5, 5.41) is 0. The van der Waals surface area contributed by atoms with Gasteiger partial charge in [-0.1, -0.05) is 42.5 Å². The number of hydrogen-bond acceptors (Lipinski definition) is 1. The maximum atomic E-state index is 2.37. The molecule has 1 atom stereocenters. The van der Waals surface area contributed by atoms with Crippen LogP contribution in [0.1, 0.15) is 25.5 Å². The van der Waals surface area contributed by atoms with Crippen LogP contribution in [0.3, 0.4) is 0 Å². The van der Waals surface area contributed by atoms with E-state index in [1.54, 1.807) is 0 Å². The van der Waals surface area contributed by atoms with Crippen molar-refractivity contribution in [2.24, 2.45) is 0 Å². The molecular weight excluding hydrogens is 182 g/mol. The maximum absolute atomic E-state index is 2.37. The molecule has 1 aromatic carbocycles. The molecule has 0 fully saturated rings. The van der Waals surface area contributed by atoms with Gasteiger partial charge in [0, 0.05) is 12.7 Å². The molecule has 78 valence electrons. The van der Waals surface area contributed by atoms with Gasteiger partial charge in [-0.25, -0.2) is 0 Å². The van der Waals surface area contributed by atoms with Crippen LogP contribution in [0.5, 0.6) is 0 Å². The maximum Gasteiger partial charge on any atom is 0.0512 e. The van der Waals surface area contributed by atoms with E-state index in [4.69, 9.17) is 0 Å². The van der Waals surface area contributed by atoms with Crippen LogP contribution in [0.4, 0.5) is 0 Å². The van der Waals surface area contributed by atoms with Crippen molar-refractivity contribution in [2.75, 3.05) is 6.54 Å². The molecule has 2 rings (SSSR count). The highest BCUT2D eigenvalue weighted by molar-refractivity contribution is 5.24. The van der Waals surface area contributed by atoms with Crippen LogP contribution in [-0.2, 0) is 0 Å². The van der Waals surface area contributed by atoms with Crippen LogP contribution < -0.4 is 0 Å². The van der Waals surface area contributed by atoms with E-state index in [1.807, 2.05) is 0 Å². The third-order valence-corrected chi connectivity index (χ3v) is 2.85. The Balaban J connectivity index is 2.16. The lowest BCUT2D eigenvalue weighted by Gasteiger charge is -2.29. The molecule has 1 heteroatoms. The molecule has 1 nitrogen and oxygen atoms in total. The molecule has 0 aliphatic carbocycles. The van der Waals surface area contributed by atoms with Crippen molar-refractivity contribution < 1.29 is 0 Å². The molecule has 0 radical (unpaired) electrons. The zero-order valence-corrected chi connectivity index (χ0v) is 9.35. The quantitative estimate of drug-likeness (QED) is 0.704. The van der Waals surface area contributed by atoms with E-state index in [-0.39, 0.29) is 0 Å². The molecule has 0 N–H and O–H groups in total. The van der Waals surface area contributed by atoms with Crippen molar-refractivity contribution in [1.29, 1.82) is 0 Å². The molecule has 1 aromatic rings. The Labute approximate surface area is 91.7 Å². The third kappa shape index (κ3) is 2.30. The Morgan fingerprint density at radius 2 is 1.93 bits per heavy atom. The summed E-state index contributed by atoms with van der Waals surface area (Å²) in [4.78, 5) is 2.37. The summed E-state index contributed by atoms with van der Waals surface area (Å²) in [6.45, 7) is 5.39. The van der Waals surface area contributed by atoms with Gasteiger partial charge in [-0.15, -0.1) is 0 Å². The predicted octanol–water partition coefficient (Wildman–Crippen LogP) is 3.52. The highest BCUT2D eigenvalue weighted by Crippen LogP contribution is 2.22. The minimum Gasteiger partial charge on any atom is -0.367 e. The minimum atomic E-state index is 0.450. The largest absolute Gasteiger partial charge is 0.367 e. The van der Waals surface area contributed by atoms with Gasteiger partial charge in [-0.3, -0.25) is 0 Å². The molecule has 0 unspecified atom stereocenters. The molecular formula is C14H17N. The van der Waals surface area contributed by atoms with Crippen LogP contribution in [-0.4, -0.2) is 11.4 Å². The van der Waals surface area contributed by atoms with Crippen LogP contribution >= 0.6 is 0 Å². The molecule has 0 saturated carbocycles. The highest BCUT2D eigenvalue weighted by Gasteiger charge is 2.12. The van der Waals surface area contributed by atoms with E-state index in [0.29, 0.717) is 6.04 Å². The van der Waals surface area contributed by atoms with Crippen molar-refractivity contribution in [1.82, 2.24) is 4.90 Å². The third-order valence-electron chi connectivity index (χ3n) is 2.85. The van der Waals surface area contributed by atoms with E-state index in [0.717, 1.165) is 6.54 Å². The van der Waals surface area contributed by atoms with Gasteiger partial charge in [0.15, 0.2) is 0 Å².